The van der Waals surface area contributed by atoms with Crippen molar-refractivity contribution in [2.75, 3.05) is 19.7 Å². The maximum Gasteiger partial charge on any atom is 0.257 e. The van der Waals surface area contributed by atoms with Crippen molar-refractivity contribution in [2.24, 2.45) is 16.6 Å². The maximum absolute atomic E-state index is 11.4. The Kier molecular flexibility index (Phi) is 6.72. The molecule has 1 aliphatic rings. The summed E-state index contributed by atoms with van der Waals surface area (Å²) in [6.07, 6.45) is 3.89. The molecule has 1 aliphatic carbocycles. The normalized spacial score (nSPS) is 14.9. The van der Waals surface area contributed by atoms with E-state index in [1.807, 2.05) is 31.2 Å². The van der Waals surface area contributed by atoms with Gasteiger partial charge in [0, 0.05) is 13.1 Å². The number of rotatable bonds is 8. The van der Waals surface area contributed by atoms with E-state index < -0.39 is 0 Å². The molecule has 1 saturated carbocycles. The van der Waals surface area contributed by atoms with Crippen molar-refractivity contribution >= 4 is 11.9 Å². The molecule has 0 bridgehead atoms. The van der Waals surface area contributed by atoms with Gasteiger partial charge in [0.15, 0.2) is 12.6 Å². The molecule has 4 N–H and O–H groups in total. The molecule has 0 aliphatic heterocycles. The fourth-order valence-corrected chi connectivity index (χ4v) is 2.31. The zero-order chi connectivity index (χ0) is 16.5. The van der Waals surface area contributed by atoms with Gasteiger partial charge in [-0.25, -0.2) is 4.99 Å². The zero-order valence-corrected chi connectivity index (χ0v) is 13.7. The number of nitrogens with two attached hydrogens (primary N) is 1. The van der Waals surface area contributed by atoms with Gasteiger partial charge in [-0.15, -0.1) is 0 Å². The predicted octanol–water partition coefficient (Wildman–Crippen LogP) is 1.41. The van der Waals surface area contributed by atoms with E-state index in [0.717, 1.165) is 18.0 Å². The lowest BCUT2D eigenvalue weighted by molar-refractivity contribution is -0.122. The molecular formula is C17H26N4O2. The maximum atomic E-state index is 11.4. The lowest BCUT2D eigenvalue weighted by Crippen LogP contribution is -2.37. The molecule has 0 saturated heterocycles. The topological polar surface area (TPSA) is 88.7 Å². The van der Waals surface area contributed by atoms with Crippen LogP contribution in [0.3, 0.4) is 0 Å². The van der Waals surface area contributed by atoms with Gasteiger partial charge in [-0.05, 0) is 43.4 Å². The summed E-state index contributed by atoms with van der Waals surface area (Å²) in [7, 11) is 0. The van der Waals surface area contributed by atoms with Crippen LogP contribution in [0.15, 0.2) is 29.3 Å². The van der Waals surface area contributed by atoms with Crippen LogP contribution in [-0.4, -0.2) is 31.6 Å². The average molecular weight is 318 g/mol. The summed E-state index contributed by atoms with van der Waals surface area (Å²) >= 11 is 0. The number of hydrogen-bond acceptors (Lipinski definition) is 3. The molecule has 0 radical (unpaired) electrons. The van der Waals surface area contributed by atoms with E-state index in [1.165, 1.54) is 19.3 Å². The highest BCUT2D eigenvalue weighted by Crippen LogP contribution is 2.25. The number of benzene rings is 1. The summed E-state index contributed by atoms with van der Waals surface area (Å²) in [5, 5.41) is 5.86. The molecule has 6 heteroatoms. The SMILES string of the molecule is CCNC(=O)COc1cccc(CN=C(N)NCC2CCC2)c1. The van der Waals surface area contributed by atoms with Gasteiger partial charge in [-0.3, -0.25) is 4.79 Å². The number of likely N-dealkylation sites (N-methyl/N-ethyl adjacent to an activating group) is 1. The van der Waals surface area contributed by atoms with Crippen molar-refractivity contribution in [3.8, 4) is 5.75 Å². The highest BCUT2D eigenvalue weighted by atomic mass is 16.5. The Bertz CT molecular complexity index is 541. The van der Waals surface area contributed by atoms with Crippen LogP contribution in [-0.2, 0) is 11.3 Å². The highest BCUT2D eigenvalue weighted by molar-refractivity contribution is 5.78. The number of amides is 1. The molecule has 0 heterocycles. The van der Waals surface area contributed by atoms with Crippen molar-refractivity contribution in [3.05, 3.63) is 29.8 Å². The minimum Gasteiger partial charge on any atom is -0.484 e. The molecule has 6 nitrogen and oxygen atoms in total. The van der Waals surface area contributed by atoms with Crippen LogP contribution in [0.25, 0.3) is 0 Å². The third-order valence-electron chi connectivity index (χ3n) is 3.87. The first kappa shape index (κ1) is 17.1. The Hall–Kier alpha value is -2.24. The van der Waals surface area contributed by atoms with E-state index in [2.05, 4.69) is 15.6 Å². The number of nitrogens with zero attached hydrogens (tertiary/aromatic N) is 1. The van der Waals surface area contributed by atoms with Crippen molar-refractivity contribution < 1.29 is 9.53 Å². The lowest BCUT2D eigenvalue weighted by Gasteiger charge is -2.25. The fourth-order valence-electron chi connectivity index (χ4n) is 2.31. The van der Waals surface area contributed by atoms with Gasteiger partial charge in [0.1, 0.15) is 5.75 Å². The van der Waals surface area contributed by atoms with E-state index in [1.54, 1.807) is 0 Å². The molecule has 0 spiro atoms. The number of ether oxygens (including phenoxy) is 1. The second kappa shape index (κ2) is 9.02. The number of hydrogen-bond donors (Lipinski definition) is 3. The van der Waals surface area contributed by atoms with Crippen LogP contribution in [0.5, 0.6) is 5.75 Å². The largest absolute Gasteiger partial charge is 0.484 e. The Balaban J connectivity index is 1.77. The molecule has 1 amide bonds. The molecule has 0 unspecified atom stereocenters. The standard InChI is InChI=1S/C17H26N4O2/c1-2-19-16(22)12-23-15-8-4-7-14(9-15)11-21-17(18)20-10-13-5-3-6-13/h4,7-9,13H,2-3,5-6,10-12H2,1H3,(H,19,22)(H3,18,20,21). The van der Waals surface area contributed by atoms with Crippen molar-refractivity contribution in [2.45, 2.75) is 32.7 Å². The van der Waals surface area contributed by atoms with Gasteiger partial charge in [-0.2, -0.15) is 0 Å². The van der Waals surface area contributed by atoms with Crippen LogP contribution in [0, 0.1) is 5.92 Å². The first-order valence-electron chi connectivity index (χ1n) is 8.19. The molecule has 0 aromatic heterocycles. The highest BCUT2D eigenvalue weighted by Gasteiger charge is 2.16. The number of carbonyl (C=O) groups is 1. The Morgan fingerprint density at radius 1 is 1.39 bits per heavy atom. The molecule has 126 valence electrons. The van der Waals surface area contributed by atoms with E-state index in [4.69, 9.17) is 10.5 Å². The summed E-state index contributed by atoms with van der Waals surface area (Å²) in [5.74, 6) is 1.76. The minimum atomic E-state index is -0.125. The van der Waals surface area contributed by atoms with Crippen molar-refractivity contribution in [1.82, 2.24) is 10.6 Å². The van der Waals surface area contributed by atoms with Gasteiger partial charge in [0.2, 0.25) is 0 Å². The average Bonchev–Trinajstić information content (AvgIpc) is 2.50. The van der Waals surface area contributed by atoms with E-state index in [0.29, 0.717) is 24.8 Å². The van der Waals surface area contributed by atoms with Gasteiger partial charge in [-0.1, -0.05) is 18.6 Å². The Labute approximate surface area is 137 Å². The third kappa shape index (κ3) is 6.18. The molecule has 1 aromatic rings. The molecule has 1 aromatic carbocycles. The Morgan fingerprint density at radius 3 is 2.91 bits per heavy atom. The van der Waals surface area contributed by atoms with Gasteiger partial charge < -0.3 is 21.1 Å². The van der Waals surface area contributed by atoms with Crippen LogP contribution in [0.4, 0.5) is 0 Å². The summed E-state index contributed by atoms with van der Waals surface area (Å²) in [4.78, 5) is 15.7. The summed E-state index contributed by atoms with van der Waals surface area (Å²) in [6.45, 7) is 3.89. The summed E-state index contributed by atoms with van der Waals surface area (Å²) < 4.78 is 5.46. The number of guanidine groups is 1. The van der Waals surface area contributed by atoms with Gasteiger partial charge in [0.05, 0.1) is 6.54 Å². The van der Waals surface area contributed by atoms with Crippen LogP contribution < -0.4 is 21.1 Å². The lowest BCUT2D eigenvalue weighted by atomic mass is 9.85. The van der Waals surface area contributed by atoms with Crippen molar-refractivity contribution in [1.29, 1.82) is 0 Å². The minimum absolute atomic E-state index is 0.0195. The second-order valence-electron chi connectivity index (χ2n) is 5.77. The van der Waals surface area contributed by atoms with E-state index in [-0.39, 0.29) is 12.5 Å². The smallest absolute Gasteiger partial charge is 0.257 e. The first-order valence-corrected chi connectivity index (χ1v) is 8.19. The second-order valence-corrected chi connectivity index (χ2v) is 5.77. The van der Waals surface area contributed by atoms with Crippen LogP contribution in [0.1, 0.15) is 31.7 Å². The van der Waals surface area contributed by atoms with Gasteiger partial charge >= 0.3 is 0 Å². The zero-order valence-electron chi connectivity index (χ0n) is 13.7. The summed E-state index contributed by atoms with van der Waals surface area (Å²) in [5.41, 5.74) is 6.87. The number of carbonyl (C=O) groups excluding carboxylic acids is 1. The Morgan fingerprint density at radius 2 is 2.22 bits per heavy atom. The van der Waals surface area contributed by atoms with Crippen LogP contribution >= 0.6 is 0 Å². The number of nitrogens with one attached hydrogen (secondary N) is 2. The number of aliphatic imine (C=N–C) groups is 1. The first-order chi connectivity index (χ1) is 11.2. The van der Waals surface area contributed by atoms with Gasteiger partial charge in [0.25, 0.3) is 5.91 Å². The van der Waals surface area contributed by atoms with E-state index in [9.17, 15) is 4.79 Å². The molecule has 23 heavy (non-hydrogen) atoms. The predicted molar refractivity (Wildman–Crippen MR) is 91.3 cm³/mol. The monoisotopic (exact) mass is 318 g/mol. The quantitative estimate of drug-likeness (QED) is 0.499. The fraction of sp³-hybridized carbons (Fsp3) is 0.529. The third-order valence-corrected chi connectivity index (χ3v) is 3.87. The van der Waals surface area contributed by atoms with Crippen molar-refractivity contribution in [3.63, 3.8) is 0 Å². The molecule has 2 rings (SSSR count). The molecule has 1 fully saturated rings. The molecular weight excluding hydrogens is 292 g/mol. The summed E-state index contributed by atoms with van der Waals surface area (Å²) in [6, 6.07) is 7.55. The molecule has 0 atom stereocenters. The van der Waals surface area contributed by atoms with Crippen LogP contribution in [0.2, 0.25) is 0 Å². The van der Waals surface area contributed by atoms with E-state index >= 15 is 0 Å².